The molecule has 7 rings (SSSR count). The molecule has 5 aromatic rings. The molecule has 2 aliphatic heterocycles. The summed E-state index contributed by atoms with van der Waals surface area (Å²) in [7, 11) is 1.68. The van der Waals surface area contributed by atoms with Gasteiger partial charge in [0.1, 0.15) is 11.9 Å². The number of benzene rings is 3. The Labute approximate surface area is 218 Å². The zero-order valence-electron chi connectivity index (χ0n) is 20.1. The van der Waals surface area contributed by atoms with Crippen LogP contribution in [0.25, 0.3) is 44.3 Å². The van der Waals surface area contributed by atoms with Gasteiger partial charge in [-0.1, -0.05) is 54.1 Å². The molecule has 2 aromatic heterocycles. The van der Waals surface area contributed by atoms with Crippen LogP contribution in [-0.2, 0) is 9.47 Å². The van der Waals surface area contributed by atoms with Crippen LogP contribution >= 0.6 is 11.6 Å². The summed E-state index contributed by atoms with van der Waals surface area (Å²) in [6.45, 7) is 1.19. The SMILES string of the molecule is COc1ccc2ccc(-c3ccc(-c4nc5nc(OC6COC7CCOC76)[nH]c5cc4Cl)cc3)cc2c1. The van der Waals surface area contributed by atoms with Gasteiger partial charge in [-0.25, -0.2) is 4.98 Å². The third-order valence-corrected chi connectivity index (χ3v) is 7.42. The zero-order chi connectivity index (χ0) is 24.9. The molecule has 7 nitrogen and oxygen atoms in total. The highest BCUT2D eigenvalue weighted by molar-refractivity contribution is 6.33. The van der Waals surface area contributed by atoms with Crippen LogP contribution in [0.3, 0.4) is 0 Å². The number of aromatic amines is 1. The Morgan fingerprint density at radius 3 is 2.57 bits per heavy atom. The molecule has 0 radical (unpaired) electrons. The van der Waals surface area contributed by atoms with E-state index in [0.29, 0.717) is 35.6 Å². The molecule has 4 heterocycles. The molecule has 0 amide bonds. The van der Waals surface area contributed by atoms with Crippen LogP contribution in [0.15, 0.2) is 66.7 Å². The Balaban J connectivity index is 1.15. The summed E-state index contributed by atoms with van der Waals surface area (Å²) in [6, 6.07) is 23.0. The van der Waals surface area contributed by atoms with Gasteiger partial charge < -0.3 is 23.9 Å². The Hall–Kier alpha value is -3.65. The number of fused-ring (bicyclic) bond motifs is 3. The number of H-pyrrole nitrogens is 1. The topological polar surface area (TPSA) is 78.5 Å². The van der Waals surface area contributed by atoms with E-state index in [1.807, 2.05) is 30.3 Å². The summed E-state index contributed by atoms with van der Waals surface area (Å²) in [5.74, 6) is 0.843. The van der Waals surface area contributed by atoms with E-state index in [9.17, 15) is 0 Å². The summed E-state index contributed by atoms with van der Waals surface area (Å²) in [5.41, 5.74) is 5.08. The largest absolute Gasteiger partial charge is 0.497 e. The molecule has 3 aromatic carbocycles. The molecule has 186 valence electrons. The minimum absolute atomic E-state index is 0.0523. The van der Waals surface area contributed by atoms with Crippen molar-refractivity contribution in [2.24, 2.45) is 0 Å². The number of rotatable bonds is 5. The van der Waals surface area contributed by atoms with Crippen molar-refractivity contribution in [3.05, 3.63) is 71.8 Å². The van der Waals surface area contributed by atoms with Crippen LogP contribution in [0.4, 0.5) is 0 Å². The summed E-state index contributed by atoms with van der Waals surface area (Å²) in [4.78, 5) is 12.5. The first-order chi connectivity index (χ1) is 18.1. The second kappa shape index (κ2) is 9.03. The zero-order valence-corrected chi connectivity index (χ0v) is 20.9. The molecule has 3 unspecified atom stereocenters. The van der Waals surface area contributed by atoms with E-state index in [1.165, 1.54) is 5.39 Å². The second-order valence-electron chi connectivity index (χ2n) is 9.39. The lowest BCUT2D eigenvalue weighted by Crippen LogP contribution is -2.32. The van der Waals surface area contributed by atoms with E-state index >= 15 is 0 Å². The first-order valence-electron chi connectivity index (χ1n) is 12.3. The van der Waals surface area contributed by atoms with Crippen molar-refractivity contribution in [2.45, 2.75) is 24.7 Å². The van der Waals surface area contributed by atoms with Gasteiger partial charge in [0, 0.05) is 12.2 Å². The van der Waals surface area contributed by atoms with Gasteiger partial charge in [0.25, 0.3) is 6.01 Å². The lowest BCUT2D eigenvalue weighted by molar-refractivity contribution is 0.0273. The number of imidazole rings is 1. The van der Waals surface area contributed by atoms with Crippen molar-refractivity contribution in [1.29, 1.82) is 0 Å². The molecule has 37 heavy (non-hydrogen) atoms. The van der Waals surface area contributed by atoms with Crippen LogP contribution in [0, 0.1) is 0 Å². The van der Waals surface area contributed by atoms with Crippen molar-refractivity contribution in [3.63, 3.8) is 0 Å². The van der Waals surface area contributed by atoms with Gasteiger partial charge >= 0.3 is 0 Å². The third kappa shape index (κ3) is 4.09. The van der Waals surface area contributed by atoms with Gasteiger partial charge in [-0.3, -0.25) is 0 Å². The van der Waals surface area contributed by atoms with Crippen molar-refractivity contribution in [2.75, 3.05) is 20.3 Å². The maximum absolute atomic E-state index is 6.64. The number of halogens is 1. The number of ether oxygens (including phenoxy) is 4. The summed E-state index contributed by atoms with van der Waals surface area (Å²) >= 11 is 6.64. The Bertz CT molecular complexity index is 1620. The van der Waals surface area contributed by atoms with Crippen LogP contribution in [0.5, 0.6) is 11.8 Å². The van der Waals surface area contributed by atoms with Crippen molar-refractivity contribution in [1.82, 2.24) is 15.0 Å². The van der Waals surface area contributed by atoms with Gasteiger partial charge in [0.2, 0.25) is 0 Å². The van der Waals surface area contributed by atoms with Gasteiger partial charge in [0.05, 0.1) is 36.1 Å². The first kappa shape index (κ1) is 22.5. The van der Waals surface area contributed by atoms with Crippen molar-refractivity contribution >= 4 is 33.5 Å². The fraction of sp³-hybridized carbons (Fsp3) is 0.241. The number of nitrogens with one attached hydrogen (secondary N) is 1. The Morgan fingerprint density at radius 2 is 1.70 bits per heavy atom. The summed E-state index contributed by atoms with van der Waals surface area (Å²) in [5, 5.41) is 2.84. The minimum Gasteiger partial charge on any atom is -0.497 e. The number of hydrogen-bond acceptors (Lipinski definition) is 6. The molecule has 8 heteroatoms. The highest BCUT2D eigenvalue weighted by Crippen LogP contribution is 2.33. The molecular formula is C29H24ClN3O4. The minimum atomic E-state index is -0.188. The lowest BCUT2D eigenvalue weighted by Gasteiger charge is -2.15. The summed E-state index contributed by atoms with van der Waals surface area (Å²) < 4.78 is 23.0. The summed E-state index contributed by atoms with van der Waals surface area (Å²) in [6.07, 6.45) is 0.767. The van der Waals surface area contributed by atoms with Gasteiger partial charge in [-0.15, -0.1) is 0 Å². The smallest absolute Gasteiger partial charge is 0.296 e. The van der Waals surface area contributed by atoms with Crippen LogP contribution in [0.1, 0.15) is 6.42 Å². The number of aromatic nitrogens is 3. The molecule has 0 saturated carbocycles. The molecule has 1 N–H and O–H groups in total. The van der Waals surface area contributed by atoms with Crippen LogP contribution < -0.4 is 9.47 Å². The highest BCUT2D eigenvalue weighted by atomic mass is 35.5. The van der Waals surface area contributed by atoms with Gasteiger partial charge in [-0.05, 0) is 52.6 Å². The van der Waals surface area contributed by atoms with E-state index in [0.717, 1.165) is 39.8 Å². The average molecular weight is 514 g/mol. The molecule has 0 bridgehead atoms. The predicted molar refractivity (Wildman–Crippen MR) is 142 cm³/mol. The normalized spacial score (nSPS) is 21.0. The molecular weight excluding hydrogens is 490 g/mol. The van der Waals surface area contributed by atoms with E-state index in [2.05, 4.69) is 46.4 Å². The molecule has 0 aliphatic carbocycles. The molecule has 0 spiro atoms. The molecule has 2 saturated heterocycles. The maximum Gasteiger partial charge on any atom is 0.296 e. The Morgan fingerprint density at radius 1 is 0.892 bits per heavy atom. The van der Waals surface area contributed by atoms with E-state index in [4.69, 9.17) is 35.5 Å². The third-order valence-electron chi connectivity index (χ3n) is 7.13. The molecule has 2 fully saturated rings. The van der Waals surface area contributed by atoms with Crippen molar-refractivity contribution < 1.29 is 18.9 Å². The monoisotopic (exact) mass is 513 g/mol. The number of nitrogens with zero attached hydrogens (tertiary/aromatic N) is 2. The fourth-order valence-corrected chi connectivity index (χ4v) is 5.44. The number of hydrogen-bond donors (Lipinski definition) is 1. The Kier molecular flexibility index (Phi) is 5.50. The van der Waals surface area contributed by atoms with E-state index < -0.39 is 0 Å². The van der Waals surface area contributed by atoms with E-state index in [1.54, 1.807) is 7.11 Å². The highest BCUT2D eigenvalue weighted by Gasteiger charge is 2.43. The first-order valence-corrected chi connectivity index (χ1v) is 12.7. The van der Waals surface area contributed by atoms with Gasteiger partial charge in [-0.2, -0.15) is 4.98 Å². The predicted octanol–water partition coefficient (Wildman–Crippen LogP) is 6.04. The average Bonchev–Trinajstić information content (AvgIpc) is 3.65. The number of pyridine rings is 1. The van der Waals surface area contributed by atoms with Crippen LogP contribution in [0.2, 0.25) is 5.02 Å². The molecule has 2 aliphatic rings. The quantitative estimate of drug-likeness (QED) is 0.308. The molecule has 3 atom stereocenters. The van der Waals surface area contributed by atoms with Crippen molar-refractivity contribution in [3.8, 4) is 34.1 Å². The number of methoxy groups -OCH3 is 1. The second-order valence-corrected chi connectivity index (χ2v) is 9.80. The van der Waals surface area contributed by atoms with Crippen LogP contribution in [-0.4, -0.2) is 53.6 Å². The standard InChI is InChI=1S/C29H24ClN3O4/c1-34-21-9-8-17-4-7-19(12-20(17)13-21)16-2-5-18(6-3-16)26-22(30)14-23-28(32-26)33-29(31-23)37-25-15-36-24-10-11-35-27(24)25/h2-9,12-14,24-25,27H,10-11,15H2,1H3,(H,31,32,33). The lowest BCUT2D eigenvalue weighted by atomic mass is 9.99. The van der Waals surface area contributed by atoms with Gasteiger partial charge in [0.15, 0.2) is 11.8 Å². The fourth-order valence-electron chi connectivity index (χ4n) is 5.18. The maximum atomic E-state index is 6.64. The van der Waals surface area contributed by atoms with E-state index in [-0.39, 0.29) is 18.3 Å².